The van der Waals surface area contributed by atoms with Gasteiger partial charge in [0.25, 0.3) is 0 Å². The van der Waals surface area contributed by atoms with Gasteiger partial charge in [0.1, 0.15) is 41.7 Å². The molecular weight excluding hydrogens is 396 g/mol. The Kier molecular flexibility index (Phi) is 6.91. The molecule has 1 aliphatic rings. The molecule has 0 saturated carbocycles. The first-order chi connectivity index (χ1) is 14.3. The number of hydrogen-bond donors (Lipinski definition) is 6. The van der Waals surface area contributed by atoms with E-state index in [1.165, 1.54) is 12.1 Å². The van der Waals surface area contributed by atoms with Crippen LogP contribution in [-0.2, 0) is 11.2 Å². The Bertz CT molecular complexity index is 865. The van der Waals surface area contributed by atoms with E-state index in [0.29, 0.717) is 12.2 Å². The molecule has 6 N–H and O–H groups in total. The van der Waals surface area contributed by atoms with Crippen LogP contribution in [0.2, 0.25) is 0 Å². The predicted molar refractivity (Wildman–Crippen MR) is 103 cm³/mol. The number of phenols is 2. The smallest absolute Gasteiger partial charge is 0.229 e. The molecule has 9 heteroatoms. The van der Waals surface area contributed by atoms with Gasteiger partial charge in [0.2, 0.25) is 6.29 Å². The number of aryl methyl sites for hydroxylation is 1. The number of ether oxygens (including phenoxy) is 2. The van der Waals surface area contributed by atoms with E-state index < -0.39 is 37.3 Å². The minimum Gasteiger partial charge on any atom is -0.508 e. The van der Waals surface area contributed by atoms with Gasteiger partial charge in [-0.3, -0.25) is 4.79 Å². The second-order valence-corrected chi connectivity index (χ2v) is 7.08. The third-order valence-electron chi connectivity index (χ3n) is 4.95. The van der Waals surface area contributed by atoms with Crippen LogP contribution in [0.25, 0.3) is 0 Å². The largest absolute Gasteiger partial charge is 0.508 e. The molecule has 0 amide bonds. The van der Waals surface area contributed by atoms with Crippen LogP contribution >= 0.6 is 0 Å². The van der Waals surface area contributed by atoms with E-state index in [1.807, 2.05) is 0 Å². The van der Waals surface area contributed by atoms with Crippen molar-refractivity contribution in [2.24, 2.45) is 0 Å². The molecule has 5 atom stereocenters. The lowest BCUT2D eigenvalue weighted by molar-refractivity contribution is -0.277. The molecule has 2 aromatic carbocycles. The fraction of sp³-hybridized carbons (Fsp3) is 0.381. The Hall–Kier alpha value is -2.69. The SMILES string of the molecule is O=C(CCc1ccc(O[C@@H]2O[C@H](CO)[C@@H](O)[C@H](O)[C@H]2O)cc1)c1ccc(O)cc1O. The zero-order valence-electron chi connectivity index (χ0n) is 16.0. The number of carbonyl (C=O) groups excluding carboxylic acids is 1. The Balaban J connectivity index is 1.58. The summed E-state index contributed by atoms with van der Waals surface area (Å²) in [5.41, 5.74) is 0.957. The molecule has 162 valence electrons. The minimum absolute atomic E-state index is 0.126. The number of aliphatic hydroxyl groups is 4. The fourth-order valence-electron chi connectivity index (χ4n) is 3.18. The van der Waals surface area contributed by atoms with Crippen molar-refractivity contribution in [3.05, 3.63) is 53.6 Å². The van der Waals surface area contributed by atoms with Crippen LogP contribution in [0.4, 0.5) is 0 Å². The van der Waals surface area contributed by atoms with Crippen LogP contribution in [0.5, 0.6) is 17.2 Å². The van der Waals surface area contributed by atoms with Gasteiger partial charge >= 0.3 is 0 Å². The number of carbonyl (C=O) groups is 1. The first-order valence-corrected chi connectivity index (χ1v) is 9.41. The molecule has 1 aliphatic heterocycles. The lowest BCUT2D eigenvalue weighted by Crippen LogP contribution is -2.60. The van der Waals surface area contributed by atoms with Crippen LogP contribution in [0.3, 0.4) is 0 Å². The summed E-state index contributed by atoms with van der Waals surface area (Å²) in [4.78, 5) is 12.3. The summed E-state index contributed by atoms with van der Waals surface area (Å²) >= 11 is 0. The standard InChI is InChI=1S/C21H24O9/c22-10-17-18(26)19(27)20(28)21(30-17)29-13-5-1-11(2-6-13)3-8-15(24)14-7-4-12(23)9-16(14)25/h1-2,4-7,9,17-23,25-28H,3,8,10H2/t17-,18-,19+,20-,21-/m1/s1. The van der Waals surface area contributed by atoms with E-state index >= 15 is 0 Å². The lowest BCUT2D eigenvalue weighted by Gasteiger charge is -2.39. The third kappa shape index (κ3) is 4.89. The molecule has 0 aliphatic carbocycles. The first kappa shape index (κ1) is 22.0. The van der Waals surface area contributed by atoms with Crippen LogP contribution in [-0.4, -0.2) is 73.7 Å². The van der Waals surface area contributed by atoms with Crippen molar-refractivity contribution in [1.29, 1.82) is 0 Å². The summed E-state index contributed by atoms with van der Waals surface area (Å²) < 4.78 is 10.8. The van der Waals surface area contributed by atoms with Crippen LogP contribution in [0.15, 0.2) is 42.5 Å². The minimum atomic E-state index is -1.53. The number of rotatable bonds is 7. The van der Waals surface area contributed by atoms with E-state index in [2.05, 4.69) is 0 Å². The monoisotopic (exact) mass is 420 g/mol. The van der Waals surface area contributed by atoms with Crippen molar-refractivity contribution in [3.63, 3.8) is 0 Å². The number of Topliss-reactive ketones (excluding diaryl/α,β-unsaturated/α-hetero) is 1. The molecule has 0 unspecified atom stereocenters. The topological polar surface area (TPSA) is 157 Å². The zero-order valence-corrected chi connectivity index (χ0v) is 16.0. The van der Waals surface area contributed by atoms with Gasteiger partial charge in [0, 0.05) is 12.5 Å². The summed E-state index contributed by atoms with van der Waals surface area (Å²) in [6.45, 7) is -0.547. The van der Waals surface area contributed by atoms with Gasteiger partial charge in [-0.25, -0.2) is 0 Å². The molecule has 0 bridgehead atoms. The maximum absolute atomic E-state index is 12.3. The number of phenolic OH excluding ortho intramolecular Hbond substituents is 2. The van der Waals surface area contributed by atoms with Crippen molar-refractivity contribution < 1.29 is 44.9 Å². The number of benzene rings is 2. The highest BCUT2D eigenvalue weighted by atomic mass is 16.7. The van der Waals surface area contributed by atoms with Crippen LogP contribution in [0.1, 0.15) is 22.3 Å². The summed E-state index contributed by atoms with van der Waals surface area (Å²) in [6.07, 6.45) is -6.27. The molecular formula is C21H24O9. The number of hydrogen-bond acceptors (Lipinski definition) is 9. The number of ketones is 1. The van der Waals surface area contributed by atoms with Crippen LogP contribution < -0.4 is 4.74 Å². The average molecular weight is 420 g/mol. The molecule has 1 fully saturated rings. The third-order valence-corrected chi connectivity index (χ3v) is 4.95. The van der Waals surface area contributed by atoms with E-state index in [0.717, 1.165) is 11.6 Å². The van der Waals surface area contributed by atoms with Crippen molar-refractivity contribution in [2.75, 3.05) is 6.61 Å². The first-order valence-electron chi connectivity index (χ1n) is 9.41. The normalized spacial score (nSPS) is 26.3. The van der Waals surface area contributed by atoms with E-state index in [-0.39, 0.29) is 29.3 Å². The molecule has 0 spiro atoms. The average Bonchev–Trinajstić information content (AvgIpc) is 2.73. The number of aromatic hydroxyl groups is 2. The molecule has 30 heavy (non-hydrogen) atoms. The van der Waals surface area contributed by atoms with Gasteiger partial charge in [-0.2, -0.15) is 0 Å². The Morgan fingerprint density at radius 3 is 2.30 bits per heavy atom. The molecule has 1 saturated heterocycles. The Labute approximate surface area is 172 Å². The molecule has 2 aromatic rings. The highest BCUT2D eigenvalue weighted by Crippen LogP contribution is 2.26. The molecule has 3 rings (SSSR count). The van der Waals surface area contributed by atoms with E-state index in [4.69, 9.17) is 9.47 Å². The highest BCUT2D eigenvalue weighted by molar-refractivity contribution is 5.98. The summed E-state index contributed by atoms with van der Waals surface area (Å²) in [7, 11) is 0. The predicted octanol–water partition coefficient (Wildman–Crippen LogP) is 0.0920. The summed E-state index contributed by atoms with van der Waals surface area (Å²) in [6, 6.07) is 10.4. The van der Waals surface area contributed by atoms with Gasteiger partial charge in [0.05, 0.1) is 12.2 Å². The van der Waals surface area contributed by atoms with E-state index in [9.17, 15) is 35.4 Å². The van der Waals surface area contributed by atoms with Crippen LogP contribution in [0, 0.1) is 0 Å². The van der Waals surface area contributed by atoms with Crippen molar-refractivity contribution in [2.45, 2.75) is 43.5 Å². The van der Waals surface area contributed by atoms with Crippen molar-refractivity contribution in [3.8, 4) is 17.2 Å². The van der Waals surface area contributed by atoms with Gasteiger partial charge in [-0.05, 0) is 36.2 Å². The zero-order chi connectivity index (χ0) is 21.8. The van der Waals surface area contributed by atoms with Gasteiger partial charge in [-0.1, -0.05) is 12.1 Å². The fourth-order valence-corrected chi connectivity index (χ4v) is 3.18. The highest BCUT2D eigenvalue weighted by Gasteiger charge is 2.44. The molecule has 9 nitrogen and oxygen atoms in total. The molecule has 1 heterocycles. The maximum Gasteiger partial charge on any atom is 0.229 e. The van der Waals surface area contributed by atoms with Crippen molar-refractivity contribution >= 4 is 5.78 Å². The summed E-state index contributed by atoms with van der Waals surface area (Å²) in [5, 5.41) is 57.9. The number of aliphatic hydroxyl groups excluding tert-OH is 4. The lowest BCUT2D eigenvalue weighted by atomic mass is 9.99. The summed E-state index contributed by atoms with van der Waals surface area (Å²) in [5.74, 6) is -0.345. The Morgan fingerprint density at radius 1 is 0.967 bits per heavy atom. The molecule has 0 aromatic heterocycles. The van der Waals surface area contributed by atoms with Gasteiger partial charge < -0.3 is 40.1 Å². The van der Waals surface area contributed by atoms with Gasteiger partial charge in [0.15, 0.2) is 5.78 Å². The molecule has 0 radical (unpaired) electrons. The van der Waals surface area contributed by atoms with Gasteiger partial charge in [-0.15, -0.1) is 0 Å². The second kappa shape index (κ2) is 9.41. The Morgan fingerprint density at radius 2 is 1.67 bits per heavy atom. The van der Waals surface area contributed by atoms with Crippen molar-refractivity contribution in [1.82, 2.24) is 0 Å². The maximum atomic E-state index is 12.3. The quantitative estimate of drug-likeness (QED) is 0.342. The van der Waals surface area contributed by atoms with E-state index in [1.54, 1.807) is 24.3 Å². The second-order valence-electron chi connectivity index (χ2n) is 7.08.